The zero-order chi connectivity index (χ0) is 11.0. The van der Waals surface area contributed by atoms with Gasteiger partial charge in [0.05, 0.1) is 0 Å². The van der Waals surface area contributed by atoms with Crippen molar-refractivity contribution < 1.29 is 8.78 Å². The quantitative estimate of drug-likeness (QED) is 0.682. The zero-order valence-corrected chi connectivity index (χ0v) is 9.60. The molecule has 14 heavy (non-hydrogen) atoms. The van der Waals surface area contributed by atoms with E-state index in [1.165, 1.54) is 18.2 Å². The predicted octanol–water partition coefficient (Wildman–Crippen LogP) is 4.80. The number of rotatable bonds is 2. The lowest BCUT2D eigenvalue weighted by Gasteiger charge is -2.14. The number of hydrogen-bond acceptors (Lipinski definition) is 0. The molecule has 0 spiro atoms. The third kappa shape index (κ3) is 3.13. The highest BCUT2D eigenvalue weighted by Crippen LogP contribution is 2.40. The average molecular weight is 280 g/mol. The van der Waals surface area contributed by atoms with Crippen LogP contribution < -0.4 is 0 Å². The van der Waals surface area contributed by atoms with Crippen molar-refractivity contribution in [2.24, 2.45) is 0 Å². The second-order valence-corrected chi connectivity index (χ2v) is 5.05. The molecule has 0 nitrogen and oxygen atoms in total. The first-order valence-corrected chi connectivity index (χ1v) is 4.97. The van der Waals surface area contributed by atoms with Crippen LogP contribution in [0.1, 0.15) is 11.1 Å². The Bertz CT molecular complexity index is 298. The highest BCUT2D eigenvalue weighted by Gasteiger charge is 2.30. The van der Waals surface area contributed by atoms with Crippen molar-refractivity contribution in [3.05, 3.63) is 35.4 Å². The van der Waals surface area contributed by atoms with Crippen LogP contribution in [0, 0.1) is 0 Å². The maximum Gasteiger partial charge on any atom is 0.283 e. The van der Waals surface area contributed by atoms with E-state index >= 15 is 0 Å². The SMILES string of the molecule is FC(Cl)(Cl)c1cccc(C(F)(Cl)Cl)c1. The van der Waals surface area contributed by atoms with Gasteiger partial charge < -0.3 is 0 Å². The van der Waals surface area contributed by atoms with Crippen LogP contribution in [0.15, 0.2) is 24.3 Å². The first-order valence-electron chi connectivity index (χ1n) is 3.46. The molecule has 0 saturated heterocycles. The molecule has 1 aromatic rings. The molecule has 1 rings (SSSR count). The Kier molecular flexibility index (Phi) is 3.53. The topological polar surface area (TPSA) is 0 Å². The molecule has 0 N–H and O–H groups in total. The molecule has 0 unspecified atom stereocenters. The number of benzene rings is 1. The van der Waals surface area contributed by atoms with Gasteiger partial charge in [0, 0.05) is 11.1 Å². The average Bonchev–Trinajstić information content (AvgIpc) is 2.01. The fourth-order valence-electron chi connectivity index (χ4n) is 0.872. The Balaban J connectivity index is 3.15. The molecular weight excluding hydrogens is 276 g/mol. The van der Waals surface area contributed by atoms with Crippen LogP contribution in [0.25, 0.3) is 0 Å². The minimum atomic E-state index is -2.59. The number of alkyl halides is 6. The van der Waals surface area contributed by atoms with Gasteiger partial charge in [0.25, 0.3) is 9.17 Å². The summed E-state index contributed by atoms with van der Waals surface area (Å²) in [5, 5.41) is 0. The van der Waals surface area contributed by atoms with E-state index in [4.69, 9.17) is 46.4 Å². The Hall–Kier alpha value is 0.240. The van der Waals surface area contributed by atoms with E-state index in [0.717, 1.165) is 6.07 Å². The fraction of sp³-hybridized carbons (Fsp3) is 0.250. The molecule has 0 aliphatic heterocycles. The van der Waals surface area contributed by atoms with Gasteiger partial charge in [-0.25, -0.2) is 8.78 Å². The van der Waals surface area contributed by atoms with Crippen molar-refractivity contribution in [2.45, 2.75) is 9.17 Å². The molecule has 78 valence electrons. The lowest BCUT2D eigenvalue weighted by Crippen LogP contribution is -2.06. The Morgan fingerprint density at radius 3 is 1.50 bits per heavy atom. The van der Waals surface area contributed by atoms with Gasteiger partial charge in [0.1, 0.15) is 0 Å². The van der Waals surface area contributed by atoms with Crippen molar-refractivity contribution in [3.63, 3.8) is 0 Å². The van der Waals surface area contributed by atoms with Crippen LogP contribution in [0.4, 0.5) is 8.78 Å². The summed E-state index contributed by atoms with van der Waals surface area (Å²) in [4.78, 5) is 0. The predicted molar refractivity (Wildman–Crippen MR) is 55.4 cm³/mol. The third-order valence-electron chi connectivity index (χ3n) is 1.52. The normalized spacial score (nSPS) is 13.0. The van der Waals surface area contributed by atoms with Crippen LogP contribution in [-0.4, -0.2) is 0 Å². The molecule has 0 heterocycles. The van der Waals surface area contributed by atoms with E-state index in [-0.39, 0.29) is 11.1 Å². The van der Waals surface area contributed by atoms with Gasteiger partial charge >= 0.3 is 0 Å². The lowest BCUT2D eigenvalue weighted by molar-refractivity contribution is 0.394. The van der Waals surface area contributed by atoms with E-state index in [9.17, 15) is 8.78 Å². The maximum absolute atomic E-state index is 13.0. The summed E-state index contributed by atoms with van der Waals surface area (Å²) in [5.41, 5.74) is -0.247. The van der Waals surface area contributed by atoms with Crippen molar-refractivity contribution >= 4 is 46.4 Å². The van der Waals surface area contributed by atoms with Gasteiger partial charge in [-0.15, -0.1) is 0 Å². The minimum absolute atomic E-state index is 0.123. The molecule has 0 saturated carbocycles. The monoisotopic (exact) mass is 278 g/mol. The second-order valence-electron chi connectivity index (χ2n) is 2.58. The van der Waals surface area contributed by atoms with Gasteiger partial charge in [0.15, 0.2) is 0 Å². The number of halogens is 6. The first-order chi connectivity index (χ1) is 6.21. The van der Waals surface area contributed by atoms with Crippen molar-refractivity contribution in [1.82, 2.24) is 0 Å². The largest absolute Gasteiger partial charge is 0.283 e. The molecule has 0 bridgehead atoms. The molecule has 6 heteroatoms. The van der Waals surface area contributed by atoms with Crippen molar-refractivity contribution in [2.75, 3.05) is 0 Å². The lowest BCUT2D eigenvalue weighted by atomic mass is 10.1. The fourth-order valence-corrected chi connectivity index (χ4v) is 1.34. The summed E-state index contributed by atoms with van der Waals surface area (Å²) in [6.07, 6.45) is 0. The molecule has 0 amide bonds. The standard InChI is InChI=1S/C8H4Cl4F2/c9-7(10,13)5-2-1-3-6(4-5)8(11,12)14/h1-4H. The molecule has 0 aliphatic rings. The smallest absolute Gasteiger partial charge is 0.203 e. The molecule has 0 atom stereocenters. The van der Waals surface area contributed by atoms with Gasteiger partial charge in [-0.05, 0) is 6.07 Å². The van der Waals surface area contributed by atoms with Crippen molar-refractivity contribution in [1.29, 1.82) is 0 Å². The van der Waals surface area contributed by atoms with Gasteiger partial charge in [-0.2, -0.15) is 0 Å². The first kappa shape index (κ1) is 12.3. The second kappa shape index (κ2) is 4.01. The summed E-state index contributed by atoms with van der Waals surface area (Å²) in [7, 11) is 0. The third-order valence-corrected chi connectivity index (χ3v) is 2.39. The summed E-state index contributed by atoms with van der Waals surface area (Å²) in [6.45, 7) is 0. The van der Waals surface area contributed by atoms with E-state index in [1.807, 2.05) is 0 Å². The zero-order valence-electron chi connectivity index (χ0n) is 6.58. The Morgan fingerprint density at radius 1 is 0.857 bits per heavy atom. The summed E-state index contributed by atoms with van der Waals surface area (Å²) in [5.74, 6) is 0. The van der Waals surface area contributed by atoms with Gasteiger partial charge in [-0.3, -0.25) is 0 Å². The molecule has 0 aliphatic carbocycles. The summed E-state index contributed by atoms with van der Waals surface area (Å²) >= 11 is 20.7. The number of hydrogen-bond donors (Lipinski definition) is 0. The van der Waals surface area contributed by atoms with E-state index in [1.54, 1.807) is 0 Å². The molecular formula is C8H4Cl4F2. The molecule has 0 radical (unpaired) electrons. The molecule has 1 aromatic carbocycles. The van der Waals surface area contributed by atoms with E-state index < -0.39 is 9.17 Å². The van der Waals surface area contributed by atoms with E-state index in [2.05, 4.69) is 0 Å². The maximum atomic E-state index is 13.0. The Labute approximate surface area is 99.7 Å². The minimum Gasteiger partial charge on any atom is -0.203 e. The molecule has 0 aromatic heterocycles. The van der Waals surface area contributed by atoms with Gasteiger partial charge in [0.2, 0.25) is 0 Å². The van der Waals surface area contributed by atoms with Crippen LogP contribution in [-0.2, 0) is 9.17 Å². The summed E-state index contributed by atoms with van der Waals surface area (Å²) < 4.78 is 20.8. The van der Waals surface area contributed by atoms with Crippen molar-refractivity contribution in [3.8, 4) is 0 Å². The van der Waals surface area contributed by atoms with Crippen LogP contribution >= 0.6 is 46.4 Å². The Morgan fingerprint density at radius 2 is 1.21 bits per heavy atom. The van der Waals surface area contributed by atoms with E-state index in [0.29, 0.717) is 0 Å². The van der Waals surface area contributed by atoms with Crippen LogP contribution in [0.3, 0.4) is 0 Å². The highest BCUT2D eigenvalue weighted by atomic mass is 35.5. The summed E-state index contributed by atoms with van der Waals surface area (Å²) in [6, 6.07) is 4.99. The van der Waals surface area contributed by atoms with Gasteiger partial charge in [-0.1, -0.05) is 64.6 Å². The van der Waals surface area contributed by atoms with Crippen LogP contribution in [0.5, 0.6) is 0 Å². The highest BCUT2D eigenvalue weighted by molar-refractivity contribution is 6.47. The van der Waals surface area contributed by atoms with Crippen LogP contribution in [0.2, 0.25) is 0 Å². The molecule has 0 fully saturated rings.